The van der Waals surface area contributed by atoms with E-state index in [1.54, 1.807) is 23.1 Å². The molecular weight excluding hydrogens is 268 g/mol. The number of H-pyrrole nitrogens is 1. The van der Waals surface area contributed by atoms with E-state index in [1.165, 1.54) is 6.20 Å². The predicted octanol–water partition coefficient (Wildman–Crippen LogP) is 1.76. The Morgan fingerprint density at radius 2 is 2.05 bits per heavy atom. The molecule has 21 heavy (non-hydrogen) atoms. The van der Waals surface area contributed by atoms with Gasteiger partial charge in [0.2, 0.25) is 5.43 Å². The Labute approximate surface area is 123 Å². The molecular formula is C16H20N2O3. The molecule has 5 nitrogen and oxygen atoms in total. The number of aromatic amines is 1. The standard InChI is InChI=1S/C16H20N2O3/c1-11(2)18(8-5-9-19)16(21)13-10-17-14-7-4-3-6-12(14)15(13)20/h3-4,6-7,10-11,19H,5,8-9H2,1-2H3,(H,17,20). The number of para-hydroxylation sites is 1. The van der Waals surface area contributed by atoms with Gasteiger partial charge in [0, 0.05) is 36.3 Å². The third-order valence-corrected chi connectivity index (χ3v) is 3.46. The molecule has 2 N–H and O–H groups in total. The molecule has 0 radical (unpaired) electrons. The Kier molecular flexibility index (Phi) is 4.75. The molecule has 5 heteroatoms. The van der Waals surface area contributed by atoms with Gasteiger partial charge in [-0.15, -0.1) is 0 Å². The van der Waals surface area contributed by atoms with Crippen LogP contribution in [0.15, 0.2) is 35.3 Å². The maximum absolute atomic E-state index is 12.6. The monoisotopic (exact) mass is 288 g/mol. The second-order valence-corrected chi connectivity index (χ2v) is 5.25. The first-order valence-corrected chi connectivity index (χ1v) is 7.08. The van der Waals surface area contributed by atoms with Crippen molar-refractivity contribution >= 4 is 16.8 Å². The molecule has 0 aliphatic carbocycles. The fourth-order valence-electron chi connectivity index (χ4n) is 2.32. The first-order chi connectivity index (χ1) is 10.1. The van der Waals surface area contributed by atoms with E-state index in [0.717, 1.165) is 0 Å². The van der Waals surface area contributed by atoms with E-state index in [9.17, 15) is 9.59 Å². The van der Waals surface area contributed by atoms with E-state index in [2.05, 4.69) is 4.98 Å². The quantitative estimate of drug-likeness (QED) is 0.880. The summed E-state index contributed by atoms with van der Waals surface area (Å²) >= 11 is 0. The number of fused-ring (bicyclic) bond motifs is 1. The minimum atomic E-state index is -0.301. The van der Waals surface area contributed by atoms with E-state index < -0.39 is 0 Å². The highest BCUT2D eigenvalue weighted by Gasteiger charge is 2.21. The van der Waals surface area contributed by atoms with Crippen LogP contribution in [-0.4, -0.2) is 40.1 Å². The molecule has 0 bridgehead atoms. The van der Waals surface area contributed by atoms with Gasteiger partial charge in [-0.05, 0) is 32.4 Å². The summed E-state index contributed by atoms with van der Waals surface area (Å²) < 4.78 is 0. The molecule has 0 saturated carbocycles. The largest absolute Gasteiger partial charge is 0.396 e. The van der Waals surface area contributed by atoms with Gasteiger partial charge in [0.05, 0.1) is 0 Å². The topological polar surface area (TPSA) is 73.4 Å². The number of carbonyl (C=O) groups is 1. The average molecular weight is 288 g/mol. The summed E-state index contributed by atoms with van der Waals surface area (Å²) in [6.45, 7) is 4.23. The number of aliphatic hydroxyl groups is 1. The van der Waals surface area contributed by atoms with Gasteiger partial charge in [0.15, 0.2) is 0 Å². The zero-order chi connectivity index (χ0) is 15.4. The highest BCUT2D eigenvalue weighted by atomic mass is 16.3. The fourth-order valence-corrected chi connectivity index (χ4v) is 2.32. The van der Waals surface area contributed by atoms with E-state index in [-0.39, 0.29) is 29.5 Å². The highest BCUT2D eigenvalue weighted by Crippen LogP contribution is 2.10. The molecule has 1 amide bonds. The Morgan fingerprint density at radius 3 is 2.71 bits per heavy atom. The summed E-state index contributed by atoms with van der Waals surface area (Å²) in [5.41, 5.74) is 0.592. The number of hydrogen-bond donors (Lipinski definition) is 2. The predicted molar refractivity (Wildman–Crippen MR) is 82.4 cm³/mol. The van der Waals surface area contributed by atoms with Crippen molar-refractivity contribution in [3.05, 3.63) is 46.2 Å². The van der Waals surface area contributed by atoms with Crippen LogP contribution in [0.3, 0.4) is 0 Å². The molecule has 1 aromatic heterocycles. The molecule has 0 spiro atoms. The van der Waals surface area contributed by atoms with Gasteiger partial charge in [-0.25, -0.2) is 0 Å². The molecule has 0 aliphatic rings. The minimum Gasteiger partial charge on any atom is -0.396 e. The molecule has 112 valence electrons. The summed E-state index contributed by atoms with van der Waals surface area (Å²) in [4.78, 5) is 29.6. The maximum Gasteiger partial charge on any atom is 0.259 e. The first-order valence-electron chi connectivity index (χ1n) is 7.08. The second kappa shape index (κ2) is 6.54. The average Bonchev–Trinajstić information content (AvgIpc) is 2.47. The number of hydrogen-bond acceptors (Lipinski definition) is 3. The van der Waals surface area contributed by atoms with Crippen molar-refractivity contribution in [2.24, 2.45) is 0 Å². The number of aliphatic hydroxyl groups excluding tert-OH is 1. The van der Waals surface area contributed by atoms with Crippen molar-refractivity contribution in [2.75, 3.05) is 13.2 Å². The molecule has 2 rings (SSSR count). The van der Waals surface area contributed by atoms with E-state index >= 15 is 0 Å². The number of pyridine rings is 1. The van der Waals surface area contributed by atoms with Gasteiger partial charge >= 0.3 is 0 Å². The number of carbonyl (C=O) groups excluding carboxylic acids is 1. The SMILES string of the molecule is CC(C)N(CCCO)C(=O)c1c[nH]c2ccccc2c1=O. The van der Waals surface area contributed by atoms with Crippen LogP contribution in [0.2, 0.25) is 0 Å². The van der Waals surface area contributed by atoms with Gasteiger partial charge in [0.25, 0.3) is 5.91 Å². The van der Waals surface area contributed by atoms with Crippen molar-refractivity contribution in [3.63, 3.8) is 0 Å². The van der Waals surface area contributed by atoms with Gasteiger partial charge < -0.3 is 15.0 Å². The van der Waals surface area contributed by atoms with Crippen LogP contribution in [0, 0.1) is 0 Å². The van der Waals surface area contributed by atoms with Crippen LogP contribution in [0.1, 0.15) is 30.6 Å². The van der Waals surface area contributed by atoms with Crippen molar-refractivity contribution in [2.45, 2.75) is 26.3 Å². The van der Waals surface area contributed by atoms with Crippen LogP contribution in [-0.2, 0) is 0 Å². The molecule has 2 aromatic rings. The smallest absolute Gasteiger partial charge is 0.259 e. The summed E-state index contributed by atoms with van der Waals surface area (Å²) in [5.74, 6) is -0.301. The number of nitrogens with one attached hydrogen (secondary N) is 1. The van der Waals surface area contributed by atoms with Crippen LogP contribution in [0.5, 0.6) is 0 Å². The molecule has 0 atom stereocenters. The van der Waals surface area contributed by atoms with Crippen LogP contribution >= 0.6 is 0 Å². The van der Waals surface area contributed by atoms with Gasteiger partial charge in [-0.2, -0.15) is 0 Å². The number of aromatic nitrogens is 1. The van der Waals surface area contributed by atoms with Crippen LogP contribution < -0.4 is 5.43 Å². The van der Waals surface area contributed by atoms with E-state index in [1.807, 2.05) is 19.9 Å². The van der Waals surface area contributed by atoms with Crippen molar-refractivity contribution in [1.82, 2.24) is 9.88 Å². The van der Waals surface area contributed by atoms with Crippen molar-refractivity contribution in [1.29, 1.82) is 0 Å². The molecule has 0 unspecified atom stereocenters. The van der Waals surface area contributed by atoms with Crippen molar-refractivity contribution in [3.8, 4) is 0 Å². The van der Waals surface area contributed by atoms with Gasteiger partial charge in [-0.1, -0.05) is 12.1 Å². The fraction of sp³-hybridized carbons (Fsp3) is 0.375. The lowest BCUT2D eigenvalue weighted by molar-refractivity contribution is 0.0691. The molecule has 1 aromatic carbocycles. The number of rotatable bonds is 5. The lowest BCUT2D eigenvalue weighted by Crippen LogP contribution is -2.40. The zero-order valence-corrected chi connectivity index (χ0v) is 12.3. The van der Waals surface area contributed by atoms with E-state index in [0.29, 0.717) is 23.9 Å². The summed E-state index contributed by atoms with van der Waals surface area (Å²) in [7, 11) is 0. The van der Waals surface area contributed by atoms with E-state index in [4.69, 9.17) is 5.11 Å². The Hall–Kier alpha value is -2.14. The molecule has 1 heterocycles. The summed E-state index contributed by atoms with van der Waals surface area (Å²) in [6, 6.07) is 7.09. The van der Waals surface area contributed by atoms with Crippen LogP contribution in [0.25, 0.3) is 10.9 Å². The number of nitrogens with zero attached hydrogens (tertiary/aromatic N) is 1. The summed E-state index contributed by atoms with van der Waals surface area (Å²) in [5, 5.41) is 9.45. The third kappa shape index (κ3) is 3.13. The summed E-state index contributed by atoms with van der Waals surface area (Å²) in [6.07, 6.45) is 1.97. The zero-order valence-electron chi connectivity index (χ0n) is 12.3. The molecule has 0 fully saturated rings. The van der Waals surface area contributed by atoms with Gasteiger partial charge in [-0.3, -0.25) is 9.59 Å². The minimum absolute atomic E-state index is 0.0184. The van der Waals surface area contributed by atoms with Crippen LogP contribution in [0.4, 0.5) is 0 Å². The molecule has 0 aliphatic heterocycles. The Bertz CT molecular complexity index is 691. The highest BCUT2D eigenvalue weighted by molar-refractivity contribution is 5.97. The maximum atomic E-state index is 12.6. The first kappa shape index (κ1) is 15.3. The Balaban J connectivity index is 2.42. The number of benzene rings is 1. The Morgan fingerprint density at radius 1 is 1.33 bits per heavy atom. The second-order valence-electron chi connectivity index (χ2n) is 5.25. The third-order valence-electron chi connectivity index (χ3n) is 3.46. The molecule has 0 saturated heterocycles. The lowest BCUT2D eigenvalue weighted by atomic mass is 10.1. The van der Waals surface area contributed by atoms with Crippen molar-refractivity contribution < 1.29 is 9.90 Å². The lowest BCUT2D eigenvalue weighted by Gasteiger charge is -2.26. The van der Waals surface area contributed by atoms with Gasteiger partial charge in [0.1, 0.15) is 5.56 Å². The normalized spacial score (nSPS) is 11.0. The number of amides is 1.